The third kappa shape index (κ3) is 3.95. The first kappa shape index (κ1) is 14.8. The number of hydrogen-bond donors (Lipinski definition) is 2. The number of hydrogen-bond acceptors (Lipinski definition) is 2. The minimum absolute atomic E-state index is 0.165. The van der Waals surface area contributed by atoms with Gasteiger partial charge < -0.3 is 11.1 Å². The van der Waals surface area contributed by atoms with Crippen molar-refractivity contribution in [2.75, 3.05) is 0 Å². The summed E-state index contributed by atoms with van der Waals surface area (Å²) in [7, 11) is 0. The van der Waals surface area contributed by atoms with Crippen molar-refractivity contribution in [1.82, 2.24) is 5.32 Å². The average Bonchev–Trinajstić information content (AvgIpc) is 2.39. The molecule has 2 fully saturated rings. The Morgan fingerprint density at radius 3 is 2.53 bits per heavy atom. The van der Waals surface area contributed by atoms with E-state index in [2.05, 4.69) is 19.2 Å². The minimum atomic E-state index is 0.165. The number of carbonyl (C=O) groups excluding carboxylic acids is 1. The van der Waals surface area contributed by atoms with Crippen molar-refractivity contribution in [3.8, 4) is 0 Å². The molecule has 0 aromatic rings. The van der Waals surface area contributed by atoms with E-state index < -0.39 is 0 Å². The molecule has 2 saturated carbocycles. The van der Waals surface area contributed by atoms with Crippen molar-refractivity contribution in [2.45, 2.75) is 77.3 Å². The van der Waals surface area contributed by atoms with Crippen molar-refractivity contribution >= 4 is 5.91 Å². The van der Waals surface area contributed by atoms with Crippen molar-refractivity contribution in [1.29, 1.82) is 0 Å². The number of amides is 1. The highest BCUT2D eigenvalue weighted by molar-refractivity contribution is 5.79. The Morgan fingerprint density at radius 1 is 1.11 bits per heavy atom. The maximum absolute atomic E-state index is 12.4. The van der Waals surface area contributed by atoms with Gasteiger partial charge in [-0.3, -0.25) is 4.79 Å². The Hall–Kier alpha value is -0.570. The SMILES string of the molecule is CC(C)C1CCCCC1NC(=O)C1CCCC(N)C1. The molecule has 110 valence electrons. The molecule has 4 atom stereocenters. The van der Waals surface area contributed by atoms with Crippen LogP contribution in [0.4, 0.5) is 0 Å². The van der Waals surface area contributed by atoms with E-state index in [0.29, 0.717) is 17.9 Å². The van der Waals surface area contributed by atoms with Crippen molar-refractivity contribution in [3.63, 3.8) is 0 Å². The zero-order chi connectivity index (χ0) is 13.8. The molecule has 1 amide bonds. The van der Waals surface area contributed by atoms with Crippen LogP contribution >= 0.6 is 0 Å². The molecule has 0 aromatic heterocycles. The van der Waals surface area contributed by atoms with Gasteiger partial charge in [0.1, 0.15) is 0 Å². The van der Waals surface area contributed by atoms with Crippen LogP contribution in [0.2, 0.25) is 0 Å². The van der Waals surface area contributed by atoms with E-state index >= 15 is 0 Å². The molecule has 0 saturated heterocycles. The molecule has 0 bridgehead atoms. The first-order chi connectivity index (χ1) is 9.08. The van der Waals surface area contributed by atoms with Crippen LogP contribution in [-0.2, 0) is 4.79 Å². The fraction of sp³-hybridized carbons (Fsp3) is 0.938. The quantitative estimate of drug-likeness (QED) is 0.825. The second-order valence-electron chi connectivity index (χ2n) is 6.93. The lowest BCUT2D eigenvalue weighted by atomic mass is 9.77. The average molecular weight is 266 g/mol. The number of carbonyl (C=O) groups is 1. The van der Waals surface area contributed by atoms with Gasteiger partial charge in [0.2, 0.25) is 5.91 Å². The third-order valence-corrected chi connectivity index (χ3v) is 5.09. The zero-order valence-corrected chi connectivity index (χ0v) is 12.5. The molecule has 3 heteroatoms. The molecule has 3 N–H and O–H groups in total. The monoisotopic (exact) mass is 266 g/mol. The van der Waals surface area contributed by atoms with Crippen molar-refractivity contribution < 1.29 is 4.79 Å². The predicted molar refractivity (Wildman–Crippen MR) is 78.7 cm³/mol. The molecule has 2 aliphatic rings. The van der Waals surface area contributed by atoms with E-state index in [9.17, 15) is 4.79 Å². The number of nitrogens with one attached hydrogen (secondary N) is 1. The Labute approximate surface area is 117 Å². The minimum Gasteiger partial charge on any atom is -0.353 e. The second-order valence-corrected chi connectivity index (χ2v) is 6.93. The van der Waals surface area contributed by atoms with Crippen LogP contribution in [0, 0.1) is 17.8 Å². The number of nitrogens with two attached hydrogens (primary N) is 1. The molecule has 4 unspecified atom stereocenters. The molecular formula is C16H30N2O. The highest BCUT2D eigenvalue weighted by Crippen LogP contribution is 2.31. The summed E-state index contributed by atoms with van der Waals surface area (Å²) in [6.07, 6.45) is 9.12. The van der Waals surface area contributed by atoms with Gasteiger partial charge in [-0.1, -0.05) is 33.1 Å². The number of rotatable bonds is 3. The summed E-state index contributed by atoms with van der Waals surface area (Å²) in [6.45, 7) is 4.57. The van der Waals surface area contributed by atoms with Crippen LogP contribution in [0.15, 0.2) is 0 Å². The van der Waals surface area contributed by atoms with Gasteiger partial charge in [0, 0.05) is 18.0 Å². The predicted octanol–water partition coefficient (Wildman–Crippen LogP) is 2.83. The molecule has 0 aliphatic heterocycles. The lowest BCUT2D eigenvalue weighted by Crippen LogP contribution is -2.47. The Bertz CT molecular complexity index is 303. The standard InChI is InChI=1S/C16H30N2O/c1-11(2)14-8-3-4-9-15(14)18-16(19)12-6-5-7-13(17)10-12/h11-15H,3-10,17H2,1-2H3,(H,18,19). The van der Waals surface area contributed by atoms with E-state index in [-0.39, 0.29) is 17.9 Å². The van der Waals surface area contributed by atoms with Gasteiger partial charge in [0.05, 0.1) is 0 Å². The lowest BCUT2D eigenvalue weighted by Gasteiger charge is -2.36. The Kier molecular flexibility index (Phi) is 5.26. The molecule has 19 heavy (non-hydrogen) atoms. The van der Waals surface area contributed by atoms with Gasteiger partial charge in [0.15, 0.2) is 0 Å². The third-order valence-electron chi connectivity index (χ3n) is 5.09. The van der Waals surface area contributed by atoms with Crippen molar-refractivity contribution in [2.24, 2.45) is 23.5 Å². The van der Waals surface area contributed by atoms with Gasteiger partial charge in [-0.25, -0.2) is 0 Å². The molecule has 0 spiro atoms. The summed E-state index contributed by atoms with van der Waals surface area (Å²) in [6, 6.07) is 0.635. The van der Waals surface area contributed by atoms with Crippen LogP contribution in [0.25, 0.3) is 0 Å². The van der Waals surface area contributed by atoms with E-state index in [1.165, 1.54) is 19.3 Å². The lowest BCUT2D eigenvalue weighted by molar-refractivity contribution is -0.127. The fourth-order valence-corrected chi connectivity index (χ4v) is 3.90. The van der Waals surface area contributed by atoms with E-state index in [4.69, 9.17) is 5.73 Å². The highest BCUT2D eigenvalue weighted by atomic mass is 16.1. The molecule has 0 radical (unpaired) electrons. The summed E-state index contributed by atoms with van der Waals surface area (Å²) in [4.78, 5) is 12.4. The Balaban J connectivity index is 1.89. The summed E-state index contributed by atoms with van der Waals surface area (Å²) < 4.78 is 0. The molecule has 0 aromatic carbocycles. The van der Waals surface area contributed by atoms with Gasteiger partial charge in [-0.2, -0.15) is 0 Å². The van der Waals surface area contributed by atoms with Crippen LogP contribution in [0.5, 0.6) is 0 Å². The summed E-state index contributed by atoms with van der Waals surface area (Å²) in [5.41, 5.74) is 5.99. The zero-order valence-electron chi connectivity index (χ0n) is 12.5. The van der Waals surface area contributed by atoms with E-state index in [0.717, 1.165) is 32.1 Å². The molecule has 3 nitrogen and oxygen atoms in total. The summed E-state index contributed by atoms with van der Waals surface area (Å²) >= 11 is 0. The fourth-order valence-electron chi connectivity index (χ4n) is 3.90. The highest BCUT2D eigenvalue weighted by Gasteiger charge is 2.32. The van der Waals surface area contributed by atoms with E-state index in [1.807, 2.05) is 0 Å². The molecule has 2 aliphatic carbocycles. The normalized spacial score (nSPS) is 36.2. The van der Waals surface area contributed by atoms with Crippen LogP contribution in [-0.4, -0.2) is 18.0 Å². The van der Waals surface area contributed by atoms with Gasteiger partial charge in [-0.15, -0.1) is 0 Å². The molecular weight excluding hydrogens is 236 g/mol. The van der Waals surface area contributed by atoms with Crippen LogP contribution in [0.3, 0.4) is 0 Å². The first-order valence-corrected chi connectivity index (χ1v) is 8.14. The van der Waals surface area contributed by atoms with E-state index in [1.54, 1.807) is 0 Å². The molecule has 2 rings (SSSR count). The topological polar surface area (TPSA) is 55.1 Å². The maximum atomic E-state index is 12.4. The van der Waals surface area contributed by atoms with Crippen molar-refractivity contribution in [3.05, 3.63) is 0 Å². The second kappa shape index (κ2) is 6.74. The summed E-state index contributed by atoms with van der Waals surface area (Å²) in [5, 5.41) is 3.35. The van der Waals surface area contributed by atoms with Gasteiger partial charge in [-0.05, 0) is 43.9 Å². The first-order valence-electron chi connectivity index (χ1n) is 8.14. The maximum Gasteiger partial charge on any atom is 0.223 e. The smallest absolute Gasteiger partial charge is 0.223 e. The van der Waals surface area contributed by atoms with Gasteiger partial charge >= 0.3 is 0 Å². The van der Waals surface area contributed by atoms with Crippen LogP contribution < -0.4 is 11.1 Å². The molecule has 0 heterocycles. The van der Waals surface area contributed by atoms with Gasteiger partial charge in [0.25, 0.3) is 0 Å². The summed E-state index contributed by atoms with van der Waals surface area (Å²) in [5.74, 6) is 1.76. The van der Waals surface area contributed by atoms with Crippen LogP contribution in [0.1, 0.15) is 65.2 Å². The Morgan fingerprint density at radius 2 is 1.84 bits per heavy atom. The largest absolute Gasteiger partial charge is 0.353 e.